The van der Waals surface area contributed by atoms with Crippen molar-refractivity contribution in [3.63, 3.8) is 0 Å². The van der Waals surface area contributed by atoms with Crippen LogP contribution >= 0.6 is 0 Å². The van der Waals surface area contributed by atoms with Gasteiger partial charge in [0.1, 0.15) is 12.4 Å². The number of likely N-dealkylation sites (N-methyl/N-ethyl adjacent to an activating group) is 1. The first-order valence-corrected chi connectivity index (χ1v) is 6.66. The van der Waals surface area contributed by atoms with Crippen LogP contribution in [0.1, 0.15) is 44.3 Å². The largest absolute Gasteiger partial charge is 0.386 e. The normalized spacial score (nSPS) is 30.4. The van der Waals surface area contributed by atoms with E-state index in [9.17, 15) is 5.11 Å². The van der Waals surface area contributed by atoms with Crippen molar-refractivity contribution in [3.8, 4) is 0 Å². The SMILES string of the molecule is CC1CCCC(C(O)c2cncnc2)(N(C)C)C1. The molecule has 1 saturated carbocycles. The molecule has 1 N–H and O–H groups in total. The Bertz CT molecular complexity index is 382. The fourth-order valence-electron chi connectivity index (χ4n) is 3.23. The van der Waals surface area contributed by atoms with Crippen molar-refractivity contribution in [1.29, 1.82) is 0 Å². The smallest absolute Gasteiger partial charge is 0.115 e. The lowest BCUT2D eigenvalue weighted by molar-refractivity contribution is -0.0453. The van der Waals surface area contributed by atoms with Crippen molar-refractivity contribution in [2.45, 2.75) is 44.2 Å². The minimum absolute atomic E-state index is 0.178. The summed E-state index contributed by atoms with van der Waals surface area (Å²) in [4.78, 5) is 10.2. The van der Waals surface area contributed by atoms with E-state index in [1.54, 1.807) is 12.4 Å². The average Bonchev–Trinajstić information content (AvgIpc) is 2.38. The van der Waals surface area contributed by atoms with E-state index < -0.39 is 6.10 Å². The van der Waals surface area contributed by atoms with Crippen LogP contribution in [-0.4, -0.2) is 39.6 Å². The second kappa shape index (κ2) is 5.33. The highest BCUT2D eigenvalue weighted by Gasteiger charge is 2.43. The molecule has 0 aliphatic heterocycles. The van der Waals surface area contributed by atoms with Crippen LogP contribution < -0.4 is 0 Å². The molecule has 0 bridgehead atoms. The minimum Gasteiger partial charge on any atom is -0.386 e. The number of aliphatic hydroxyl groups is 1. The van der Waals surface area contributed by atoms with E-state index in [0.29, 0.717) is 5.92 Å². The molecule has 3 unspecified atom stereocenters. The van der Waals surface area contributed by atoms with E-state index in [1.807, 2.05) is 0 Å². The van der Waals surface area contributed by atoms with Gasteiger partial charge in [-0.1, -0.05) is 19.8 Å². The molecule has 4 nitrogen and oxygen atoms in total. The molecule has 0 radical (unpaired) electrons. The van der Waals surface area contributed by atoms with Gasteiger partial charge in [0.15, 0.2) is 0 Å². The average molecular weight is 249 g/mol. The van der Waals surface area contributed by atoms with Crippen molar-refractivity contribution in [1.82, 2.24) is 14.9 Å². The lowest BCUT2D eigenvalue weighted by Crippen LogP contribution is -2.52. The van der Waals surface area contributed by atoms with Crippen LogP contribution in [0.3, 0.4) is 0 Å². The van der Waals surface area contributed by atoms with Gasteiger partial charge in [0.25, 0.3) is 0 Å². The third kappa shape index (κ3) is 2.40. The Morgan fingerprint density at radius 2 is 2.06 bits per heavy atom. The highest BCUT2D eigenvalue weighted by Crippen LogP contribution is 2.43. The van der Waals surface area contributed by atoms with Gasteiger partial charge in [-0.15, -0.1) is 0 Å². The molecule has 1 aliphatic rings. The fraction of sp³-hybridized carbons (Fsp3) is 0.714. The first kappa shape index (κ1) is 13.4. The molecular formula is C14H23N3O. The van der Waals surface area contributed by atoms with E-state index in [4.69, 9.17) is 0 Å². The van der Waals surface area contributed by atoms with Crippen LogP contribution in [0.4, 0.5) is 0 Å². The first-order valence-electron chi connectivity index (χ1n) is 6.66. The summed E-state index contributed by atoms with van der Waals surface area (Å²) in [6.45, 7) is 2.27. The number of hydrogen-bond acceptors (Lipinski definition) is 4. The molecule has 1 aromatic rings. The quantitative estimate of drug-likeness (QED) is 0.890. The van der Waals surface area contributed by atoms with Crippen LogP contribution in [0.2, 0.25) is 0 Å². The van der Waals surface area contributed by atoms with Crippen LogP contribution in [0.25, 0.3) is 0 Å². The highest BCUT2D eigenvalue weighted by atomic mass is 16.3. The van der Waals surface area contributed by atoms with Crippen molar-refractivity contribution < 1.29 is 5.11 Å². The first-order chi connectivity index (χ1) is 8.56. The van der Waals surface area contributed by atoms with Crippen LogP contribution in [-0.2, 0) is 0 Å². The molecular weight excluding hydrogens is 226 g/mol. The second-order valence-corrected chi connectivity index (χ2v) is 5.77. The van der Waals surface area contributed by atoms with Crippen molar-refractivity contribution >= 4 is 0 Å². The van der Waals surface area contributed by atoms with E-state index in [0.717, 1.165) is 18.4 Å². The highest BCUT2D eigenvalue weighted by molar-refractivity contribution is 5.15. The molecule has 1 heterocycles. The maximum Gasteiger partial charge on any atom is 0.115 e. The molecule has 1 fully saturated rings. The zero-order valence-electron chi connectivity index (χ0n) is 11.5. The van der Waals surface area contributed by atoms with Gasteiger partial charge < -0.3 is 10.0 Å². The van der Waals surface area contributed by atoms with E-state index >= 15 is 0 Å². The van der Waals surface area contributed by atoms with Gasteiger partial charge in [0.2, 0.25) is 0 Å². The monoisotopic (exact) mass is 249 g/mol. The Balaban J connectivity index is 2.30. The molecule has 0 spiro atoms. The molecule has 0 amide bonds. The molecule has 0 saturated heterocycles. The fourth-order valence-corrected chi connectivity index (χ4v) is 3.23. The Kier molecular flexibility index (Phi) is 3.97. The van der Waals surface area contributed by atoms with Gasteiger partial charge in [0.05, 0.1) is 5.54 Å². The van der Waals surface area contributed by atoms with Gasteiger partial charge in [-0.2, -0.15) is 0 Å². The summed E-state index contributed by atoms with van der Waals surface area (Å²) >= 11 is 0. The molecule has 100 valence electrons. The van der Waals surface area contributed by atoms with Gasteiger partial charge in [-0.3, -0.25) is 0 Å². The molecule has 2 rings (SSSR count). The number of aliphatic hydroxyl groups excluding tert-OH is 1. The van der Waals surface area contributed by atoms with E-state index in [2.05, 4.69) is 35.9 Å². The third-order valence-electron chi connectivity index (χ3n) is 4.30. The maximum absolute atomic E-state index is 10.8. The molecule has 18 heavy (non-hydrogen) atoms. The minimum atomic E-state index is -0.517. The summed E-state index contributed by atoms with van der Waals surface area (Å²) < 4.78 is 0. The van der Waals surface area contributed by atoms with E-state index in [1.165, 1.54) is 19.2 Å². The predicted molar refractivity (Wildman–Crippen MR) is 71.0 cm³/mol. The van der Waals surface area contributed by atoms with Crippen LogP contribution in [0.15, 0.2) is 18.7 Å². The molecule has 1 aromatic heterocycles. The van der Waals surface area contributed by atoms with Gasteiger partial charge in [0, 0.05) is 18.0 Å². The van der Waals surface area contributed by atoms with Crippen molar-refractivity contribution in [2.24, 2.45) is 5.92 Å². The van der Waals surface area contributed by atoms with Crippen molar-refractivity contribution in [2.75, 3.05) is 14.1 Å². The third-order valence-corrected chi connectivity index (χ3v) is 4.30. The van der Waals surface area contributed by atoms with Gasteiger partial charge in [-0.25, -0.2) is 9.97 Å². The maximum atomic E-state index is 10.8. The molecule has 3 atom stereocenters. The standard InChI is InChI=1S/C14H23N3O/c1-11-5-4-6-14(7-11,17(2)3)13(18)12-8-15-10-16-9-12/h8-11,13,18H,4-7H2,1-3H3. The number of hydrogen-bond donors (Lipinski definition) is 1. The number of nitrogens with zero attached hydrogens (tertiary/aromatic N) is 3. The zero-order chi connectivity index (χ0) is 13.2. The Labute approximate surface area is 109 Å². The zero-order valence-corrected chi connectivity index (χ0v) is 11.5. The summed E-state index contributed by atoms with van der Waals surface area (Å²) in [5.41, 5.74) is 0.642. The Hall–Kier alpha value is -1.00. The van der Waals surface area contributed by atoms with Crippen LogP contribution in [0.5, 0.6) is 0 Å². The Morgan fingerprint density at radius 3 is 2.61 bits per heavy atom. The predicted octanol–water partition coefficient (Wildman–Crippen LogP) is 2.02. The lowest BCUT2D eigenvalue weighted by Gasteiger charge is -2.48. The van der Waals surface area contributed by atoms with Crippen molar-refractivity contribution in [3.05, 3.63) is 24.3 Å². The number of aromatic nitrogens is 2. The molecule has 1 aliphatic carbocycles. The van der Waals surface area contributed by atoms with Gasteiger partial charge >= 0.3 is 0 Å². The molecule has 4 heteroatoms. The Morgan fingerprint density at radius 1 is 1.39 bits per heavy atom. The second-order valence-electron chi connectivity index (χ2n) is 5.77. The topological polar surface area (TPSA) is 49.3 Å². The van der Waals surface area contributed by atoms with Crippen LogP contribution in [0, 0.1) is 5.92 Å². The summed E-state index contributed by atoms with van der Waals surface area (Å²) in [7, 11) is 4.12. The number of rotatable bonds is 3. The van der Waals surface area contributed by atoms with E-state index in [-0.39, 0.29) is 5.54 Å². The summed E-state index contributed by atoms with van der Waals surface area (Å²) in [6.07, 6.45) is 8.91. The molecule has 0 aromatic carbocycles. The van der Waals surface area contributed by atoms with Gasteiger partial charge in [-0.05, 0) is 32.9 Å². The summed E-state index contributed by atoms with van der Waals surface area (Å²) in [6, 6.07) is 0. The lowest BCUT2D eigenvalue weighted by atomic mass is 9.71. The summed E-state index contributed by atoms with van der Waals surface area (Å²) in [5, 5.41) is 10.8. The summed E-state index contributed by atoms with van der Waals surface area (Å²) in [5.74, 6) is 0.653.